The van der Waals surface area contributed by atoms with Gasteiger partial charge in [-0.1, -0.05) is 29.3 Å². The van der Waals surface area contributed by atoms with Crippen molar-refractivity contribution in [1.29, 1.82) is 0 Å². The van der Waals surface area contributed by atoms with Crippen LogP contribution in [0.15, 0.2) is 36.7 Å². The summed E-state index contributed by atoms with van der Waals surface area (Å²) in [6, 6.07) is 6.72. The molecule has 0 amide bonds. The molecule has 2 rings (SSSR count). The van der Waals surface area contributed by atoms with E-state index in [0.29, 0.717) is 0 Å². The highest BCUT2D eigenvalue weighted by Crippen LogP contribution is 2.35. The number of hydrogen-bond donors (Lipinski definition) is 1. The molecule has 0 saturated carbocycles. The van der Waals surface area contributed by atoms with Crippen LogP contribution in [0.5, 0.6) is 0 Å². The third-order valence-electron chi connectivity index (χ3n) is 1.59. The molecule has 92 valence electrons. The minimum atomic E-state index is -4.47. The number of halogens is 5. The van der Waals surface area contributed by atoms with Crippen molar-refractivity contribution in [3.63, 3.8) is 0 Å². The van der Waals surface area contributed by atoms with E-state index < -0.39 is 16.9 Å². The molecule has 2 nitrogen and oxygen atoms in total. The third kappa shape index (κ3) is 4.66. The first-order valence-corrected chi connectivity index (χ1v) is 5.13. The monoisotopic (exact) mass is 282 g/mol. The Morgan fingerprint density at radius 2 is 1.65 bits per heavy atom. The highest BCUT2D eigenvalue weighted by atomic mass is 35.5. The van der Waals surface area contributed by atoms with Crippen LogP contribution < -0.4 is 0 Å². The molecule has 2 heterocycles. The predicted molar refractivity (Wildman–Crippen MR) is 60.1 cm³/mol. The van der Waals surface area contributed by atoms with E-state index in [1.807, 2.05) is 23.2 Å². The summed E-state index contributed by atoms with van der Waals surface area (Å²) in [5.41, 5.74) is -1.01. The van der Waals surface area contributed by atoms with E-state index in [1.54, 1.807) is 12.4 Å². The second-order valence-electron chi connectivity index (χ2n) is 2.86. The van der Waals surface area contributed by atoms with Gasteiger partial charge in [-0.15, -0.1) is 0 Å². The van der Waals surface area contributed by atoms with Gasteiger partial charge in [0.15, 0.2) is 0 Å². The zero-order valence-electron chi connectivity index (χ0n) is 8.30. The number of aromatic nitrogens is 2. The molecule has 0 unspecified atom stereocenters. The molecule has 17 heavy (non-hydrogen) atoms. The van der Waals surface area contributed by atoms with Crippen LogP contribution in [0.4, 0.5) is 13.2 Å². The molecule has 0 bridgehead atoms. The number of pyridine rings is 1. The van der Waals surface area contributed by atoms with Gasteiger partial charge in [0.25, 0.3) is 0 Å². The van der Waals surface area contributed by atoms with Gasteiger partial charge in [0.1, 0.15) is 10.8 Å². The molecule has 0 saturated heterocycles. The van der Waals surface area contributed by atoms with Crippen molar-refractivity contribution >= 4 is 23.2 Å². The van der Waals surface area contributed by atoms with Gasteiger partial charge in [-0.3, -0.25) is 4.98 Å². The average Bonchev–Trinajstić information content (AvgIpc) is 2.61. The number of rotatable bonds is 0. The Kier molecular flexibility index (Phi) is 4.84. The van der Waals surface area contributed by atoms with E-state index in [2.05, 4.69) is 4.98 Å². The first kappa shape index (κ1) is 13.9. The summed E-state index contributed by atoms with van der Waals surface area (Å²) in [4.78, 5) is 5.68. The summed E-state index contributed by atoms with van der Waals surface area (Å²) in [5.74, 6) is 0. The van der Waals surface area contributed by atoms with Gasteiger partial charge in [-0.05, 0) is 18.2 Å². The van der Waals surface area contributed by atoms with Gasteiger partial charge in [0.2, 0.25) is 0 Å². The maximum absolute atomic E-state index is 11.9. The molecule has 0 aromatic carbocycles. The Hall–Kier alpha value is -1.20. The molecule has 0 atom stereocenters. The zero-order chi connectivity index (χ0) is 12.9. The topological polar surface area (TPSA) is 28.7 Å². The molecule has 7 heteroatoms. The summed E-state index contributed by atoms with van der Waals surface area (Å²) in [6.07, 6.45) is -0.968. The molecular formula is C10H7Cl2F3N2. The fourth-order valence-electron chi connectivity index (χ4n) is 0.918. The fourth-order valence-corrected chi connectivity index (χ4v) is 1.44. The van der Waals surface area contributed by atoms with Crippen LogP contribution >= 0.6 is 23.2 Å². The van der Waals surface area contributed by atoms with Crippen LogP contribution in [-0.4, -0.2) is 9.97 Å². The lowest BCUT2D eigenvalue weighted by molar-refractivity contribution is -0.140. The van der Waals surface area contributed by atoms with Gasteiger partial charge in [-0.2, -0.15) is 13.2 Å². The van der Waals surface area contributed by atoms with Crippen molar-refractivity contribution in [3.8, 4) is 0 Å². The van der Waals surface area contributed by atoms with E-state index in [9.17, 15) is 13.2 Å². The molecule has 0 radical (unpaired) electrons. The van der Waals surface area contributed by atoms with E-state index >= 15 is 0 Å². The molecule has 0 aliphatic heterocycles. The van der Waals surface area contributed by atoms with Gasteiger partial charge < -0.3 is 4.98 Å². The number of H-pyrrole nitrogens is 1. The molecule has 0 aliphatic rings. The van der Waals surface area contributed by atoms with Crippen LogP contribution in [-0.2, 0) is 6.18 Å². The van der Waals surface area contributed by atoms with E-state index in [1.165, 1.54) is 0 Å². The van der Waals surface area contributed by atoms with Gasteiger partial charge in [0, 0.05) is 12.4 Å². The van der Waals surface area contributed by atoms with Crippen molar-refractivity contribution < 1.29 is 13.2 Å². The molecule has 0 aliphatic carbocycles. The second kappa shape index (κ2) is 5.93. The first-order chi connectivity index (χ1) is 7.91. The average molecular weight is 283 g/mol. The van der Waals surface area contributed by atoms with Crippen LogP contribution in [0, 0.1) is 0 Å². The highest BCUT2D eigenvalue weighted by molar-refractivity contribution is 6.35. The molecule has 2 aromatic heterocycles. The largest absolute Gasteiger partial charge is 0.432 e. The Labute approximate surface area is 105 Å². The molecule has 0 fully saturated rings. The molecule has 0 spiro atoms. The van der Waals surface area contributed by atoms with E-state index in [0.717, 1.165) is 6.07 Å². The number of alkyl halides is 3. The fraction of sp³-hybridized carbons (Fsp3) is 0.100. The van der Waals surface area contributed by atoms with Crippen molar-refractivity contribution in [2.24, 2.45) is 0 Å². The Morgan fingerprint density at radius 3 is 1.82 bits per heavy atom. The lowest BCUT2D eigenvalue weighted by atomic mass is 10.4. The van der Waals surface area contributed by atoms with Crippen molar-refractivity contribution in [2.75, 3.05) is 0 Å². The number of nitrogens with one attached hydrogen (secondary N) is 1. The number of nitrogens with zero attached hydrogens (tertiary/aromatic N) is 1. The molecule has 2 aromatic rings. The van der Waals surface area contributed by atoms with Crippen molar-refractivity contribution in [1.82, 2.24) is 9.97 Å². The van der Waals surface area contributed by atoms with Crippen LogP contribution in [0.25, 0.3) is 0 Å². The smallest absolute Gasteiger partial charge is 0.341 e. The van der Waals surface area contributed by atoms with Crippen LogP contribution in [0.2, 0.25) is 10.2 Å². The SMILES string of the molecule is FC(F)(F)c1[nH]c(Cl)cc1Cl.c1ccncc1. The Bertz CT molecular complexity index is 428. The lowest BCUT2D eigenvalue weighted by Gasteiger charge is -2.02. The van der Waals surface area contributed by atoms with Crippen molar-refractivity contribution in [3.05, 3.63) is 52.5 Å². The number of hydrogen-bond acceptors (Lipinski definition) is 1. The maximum atomic E-state index is 11.9. The Balaban J connectivity index is 0.000000202. The minimum Gasteiger partial charge on any atom is -0.341 e. The van der Waals surface area contributed by atoms with E-state index in [4.69, 9.17) is 23.2 Å². The second-order valence-corrected chi connectivity index (χ2v) is 3.68. The highest BCUT2D eigenvalue weighted by Gasteiger charge is 2.35. The molecule has 1 N–H and O–H groups in total. The normalized spacial score (nSPS) is 10.6. The van der Waals surface area contributed by atoms with Crippen LogP contribution in [0.3, 0.4) is 0 Å². The summed E-state index contributed by atoms with van der Waals surface area (Å²) in [5, 5.41) is -0.537. The first-order valence-electron chi connectivity index (χ1n) is 4.37. The van der Waals surface area contributed by atoms with Crippen molar-refractivity contribution in [2.45, 2.75) is 6.18 Å². The summed E-state index contributed by atoms with van der Waals surface area (Å²) >= 11 is 10.4. The van der Waals surface area contributed by atoms with Gasteiger partial charge in [-0.25, -0.2) is 0 Å². The Morgan fingerprint density at radius 1 is 1.06 bits per heavy atom. The summed E-state index contributed by atoms with van der Waals surface area (Å²) in [7, 11) is 0. The number of aromatic amines is 1. The predicted octanol–water partition coefficient (Wildman–Crippen LogP) is 4.42. The maximum Gasteiger partial charge on any atom is 0.432 e. The quantitative estimate of drug-likeness (QED) is 0.761. The van der Waals surface area contributed by atoms with Crippen LogP contribution in [0.1, 0.15) is 5.69 Å². The van der Waals surface area contributed by atoms with Gasteiger partial charge >= 0.3 is 6.18 Å². The molecular weight excluding hydrogens is 276 g/mol. The van der Waals surface area contributed by atoms with Gasteiger partial charge in [0.05, 0.1) is 5.02 Å². The minimum absolute atomic E-state index is 0.123. The standard InChI is InChI=1S/C5H2Cl2F3N.C5H5N/c6-2-1-3(7)11-4(2)5(8,9)10;1-2-4-6-5-3-1/h1,11H;1-5H. The third-order valence-corrected chi connectivity index (χ3v) is 2.09. The zero-order valence-corrected chi connectivity index (χ0v) is 9.81. The summed E-state index contributed by atoms with van der Waals surface area (Å²) in [6.45, 7) is 0. The summed E-state index contributed by atoms with van der Waals surface area (Å²) < 4.78 is 35.7. The lowest BCUT2D eigenvalue weighted by Crippen LogP contribution is -2.05. The van der Waals surface area contributed by atoms with E-state index in [-0.39, 0.29) is 5.15 Å².